The number of carbonyl (C=O) groups is 1. The van der Waals surface area contributed by atoms with Crippen LogP contribution in [-0.4, -0.2) is 23.0 Å². The molecule has 0 aliphatic rings. The summed E-state index contributed by atoms with van der Waals surface area (Å²) in [6.07, 6.45) is 3.40. The Morgan fingerprint density at radius 3 is 2.63 bits per heavy atom. The fourth-order valence-corrected chi connectivity index (χ4v) is 3.45. The van der Waals surface area contributed by atoms with Gasteiger partial charge in [-0.05, 0) is 48.0 Å². The van der Waals surface area contributed by atoms with Crippen molar-refractivity contribution >= 4 is 45.7 Å². The molecule has 0 saturated carbocycles. The maximum absolute atomic E-state index is 12.8. The quantitative estimate of drug-likeness (QED) is 0.401. The topological polar surface area (TPSA) is 76.2 Å². The molecule has 4 aromatic rings. The Bertz CT molecular complexity index is 1210. The average molecular weight is 442 g/mol. The van der Waals surface area contributed by atoms with Crippen LogP contribution in [0.4, 0.5) is 5.69 Å². The zero-order chi connectivity index (χ0) is 21.1. The Morgan fingerprint density at radius 1 is 1.07 bits per heavy atom. The summed E-state index contributed by atoms with van der Waals surface area (Å²) in [4.78, 5) is 19.8. The maximum atomic E-state index is 12.8. The molecule has 2 aromatic carbocycles. The first-order valence-electron chi connectivity index (χ1n) is 9.03. The Hall–Kier alpha value is -3.22. The van der Waals surface area contributed by atoms with Gasteiger partial charge in [-0.3, -0.25) is 9.78 Å². The van der Waals surface area contributed by atoms with E-state index in [1.807, 2.05) is 12.1 Å². The fourth-order valence-electron chi connectivity index (χ4n) is 2.99. The summed E-state index contributed by atoms with van der Waals surface area (Å²) >= 11 is 12.4. The average Bonchev–Trinajstić information content (AvgIpc) is 3.09. The predicted molar refractivity (Wildman–Crippen MR) is 118 cm³/mol. The number of methoxy groups -OCH3 is 1. The van der Waals surface area contributed by atoms with Crippen LogP contribution in [0.25, 0.3) is 10.9 Å². The van der Waals surface area contributed by atoms with Crippen molar-refractivity contribution < 1.29 is 14.3 Å². The van der Waals surface area contributed by atoms with Crippen molar-refractivity contribution in [1.82, 2.24) is 9.97 Å². The molecule has 0 fully saturated rings. The third-order valence-corrected chi connectivity index (χ3v) is 5.12. The van der Waals surface area contributed by atoms with E-state index in [1.165, 1.54) is 0 Å². The molecule has 30 heavy (non-hydrogen) atoms. The number of ether oxygens (including phenoxy) is 2. The molecule has 0 bridgehead atoms. The van der Waals surface area contributed by atoms with Crippen molar-refractivity contribution in [2.45, 2.75) is 6.61 Å². The molecule has 152 valence electrons. The number of anilines is 1. The lowest BCUT2D eigenvalue weighted by molar-refractivity contribution is 0.102. The second kappa shape index (κ2) is 8.65. The highest BCUT2D eigenvalue weighted by Gasteiger charge is 2.17. The second-order valence-electron chi connectivity index (χ2n) is 6.47. The smallest absolute Gasteiger partial charge is 0.273 e. The first-order valence-corrected chi connectivity index (χ1v) is 9.78. The summed E-state index contributed by atoms with van der Waals surface area (Å²) in [7, 11) is 1.56. The third-order valence-electron chi connectivity index (χ3n) is 4.49. The number of carbonyl (C=O) groups excluding carboxylic acids is 1. The summed E-state index contributed by atoms with van der Waals surface area (Å²) in [6, 6.07) is 14.1. The third kappa shape index (κ3) is 4.20. The predicted octanol–water partition coefficient (Wildman–Crippen LogP) is 5.71. The molecule has 0 unspecified atom stereocenters. The lowest BCUT2D eigenvalue weighted by Crippen LogP contribution is -2.13. The van der Waals surface area contributed by atoms with Crippen LogP contribution in [0.15, 0.2) is 60.9 Å². The molecule has 1 amide bonds. The zero-order valence-corrected chi connectivity index (χ0v) is 17.4. The van der Waals surface area contributed by atoms with E-state index < -0.39 is 0 Å². The van der Waals surface area contributed by atoms with Crippen LogP contribution in [-0.2, 0) is 6.61 Å². The number of nitrogens with zero attached hydrogens (tertiary/aromatic N) is 1. The van der Waals surface area contributed by atoms with E-state index in [-0.39, 0.29) is 11.6 Å². The standard InChI is InChI=1S/C22H17Cl2N3O3/c1-29-18-5-3-15(11-19(18)30-12-13-6-8-25-9-7-13)26-22(28)21-20(24)16-10-14(23)2-4-17(16)27-21/h2-11,27H,12H2,1H3,(H,26,28). The number of halogens is 2. The second-order valence-corrected chi connectivity index (χ2v) is 7.28. The number of amides is 1. The molecule has 8 heteroatoms. The van der Waals surface area contributed by atoms with E-state index in [2.05, 4.69) is 15.3 Å². The summed E-state index contributed by atoms with van der Waals surface area (Å²) < 4.78 is 11.2. The van der Waals surface area contributed by atoms with E-state index in [0.717, 1.165) is 11.1 Å². The Kier molecular flexibility index (Phi) is 5.79. The van der Waals surface area contributed by atoms with Crippen molar-refractivity contribution in [3.8, 4) is 11.5 Å². The minimum atomic E-state index is -0.377. The van der Waals surface area contributed by atoms with Crippen LogP contribution in [0, 0.1) is 0 Å². The van der Waals surface area contributed by atoms with Crippen molar-refractivity contribution in [2.24, 2.45) is 0 Å². The fraction of sp³-hybridized carbons (Fsp3) is 0.0909. The molecular weight excluding hydrogens is 425 g/mol. The van der Waals surface area contributed by atoms with E-state index in [0.29, 0.717) is 39.2 Å². The van der Waals surface area contributed by atoms with Crippen molar-refractivity contribution in [3.63, 3.8) is 0 Å². The molecule has 2 aromatic heterocycles. The molecule has 0 aliphatic heterocycles. The van der Waals surface area contributed by atoms with Crippen molar-refractivity contribution in [3.05, 3.63) is 82.2 Å². The molecule has 2 heterocycles. The molecule has 4 rings (SSSR count). The number of nitrogens with one attached hydrogen (secondary N) is 2. The minimum Gasteiger partial charge on any atom is -0.493 e. The van der Waals surface area contributed by atoms with Gasteiger partial charge in [-0.2, -0.15) is 0 Å². The Morgan fingerprint density at radius 2 is 1.87 bits per heavy atom. The number of pyridine rings is 1. The van der Waals surface area contributed by atoms with Gasteiger partial charge in [0.2, 0.25) is 0 Å². The van der Waals surface area contributed by atoms with Gasteiger partial charge in [0.1, 0.15) is 12.3 Å². The highest BCUT2D eigenvalue weighted by molar-refractivity contribution is 6.40. The number of aromatic amines is 1. The SMILES string of the molecule is COc1ccc(NC(=O)c2[nH]c3ccc(Cl)cc3c2Cl)cc1OCc1ccncc1. The lowest BCUT2D eigenvalue weighted by atomic mass is 10.2. The Balaban J connectivity index is 1.55. The maximum Gasteiger partial charge on any atom is 0.273 e. The largest absolute Gasteiger partial charge is 0.493 e. The minimum absolute atomic E-state index is 0.254. The molecule has 6 nitrogen and oxygen atoms in total. The molecule has 0 atom stereocenters. The van der Waals surface area contributed by atoms with Gasteiger partial charge in [0.15, 0.2) is 11.5 Å². The van der Waals surface area contributed by atoms with Gasteiger partial charge in [0.25, 0.3) is 5.91 Å². The Labute approximate surface area is 182 Å². The molecule has 0 spiro atoms. The number of H-pyrrole nitrogens is 1. The number of rotatable bonds is 6. The molecule has 0 radical (unpaired) electrons. The highest BCUT2D eigenvalue weighted by atomic mass is 35.5. The van der Waals surface area contributed by atoms with Crippen molar-refractivity contribution in [2.75, 3.05) is 12.4 Å². The van der Waals surface area contributed by atoms with Crippen LogP contribution in [0.1, 0.15) is 16.1 Å². The van der Waals surface area contributed by atoms with Crippen LogP contribution in [0.5, 0.6) is 11.5 Å². The van der Waals surface area contributed by atoms with E-state index in [9.17, 15) is 4.79 Å². The van der Waals surface area contributed by atoms with Gasteiger partial charge in [0.05, 0.1) is 12.1 Å². The number of benzene rings is 2. The first kappa shape index (κ1) is 20.1. The zero-order valence-electron chi connectivity index (χ0n) is 15.9. The first-order chi connectivity index (χ1) is 14.5. The van der Waals surface area contributed by atoms with Crippen LogP contribution >= 0.6 is 23.2 Å². The van der Waals surface area contributed by atoms with Crippen LogP contribution < -0.4 is 14.8 Å². The van der Waals surface area contributed by atoms with Gasteiger partial charge < -0.3 is 19.8 Å². The summed E-state index contributed by atoms with van der Waals surface area (Å²) in [5, 5.41) is 4.37. The van der Waals surface area contributed by atoms with E-state index in [4.69, 9.17) is 32.7 Å². The van der Waals surface area contributed by atoms with Crippen LogP contribution in [0.3, 0.4) is 0 Å². The van der Waals surface area contributed by atoms with Gasteiger partial charge >= 0.3 is 0 Å². The van der Waals surface area contributed by atoms with E-state index in [1.54, 1.807) is 55.9 Å². The van der Waals surface area contributed by atoms with Gasteiger partial charge in [0, 0.05) is 40.1 Å². The van der Waals surface area contributed by atoms with E-state index >= 15 is 0 Å². The summed E-state index contributed by atoms with van der Waals surface area (Å²) in [5.41, 5.74) is 2.48. The summed E-state index contributed by atoms with van der Waals surface area (Å²) in [5.74, 6) is 0.680. The van der Waals surface area contributed by atoms with Crippen LogP contribution in [0.2, 0.25) is 10.0 Å². The lowest BCUT2D eigenvalue weighted by Gasteiger charge is -2.13. The van der Waals surface area contributed by atoms with Crippen molar-refractivity contribution in [1.29, 1.82) is 0 Å². The molecular formula is C22H17Cl2N3O3. The highest BCUT2D eigenvalue weighted by Crippen LogP contribution is 2.33. The number of aromatic nitrogens is 2. The molecule has 2 N–H and O–H groups in total. The van der Waals surface area contributed by atoms with Gasteiger partial charge in [-0.1, -0.05) is 23.2 Å². The molecule has 0 aliphatic carbocycles. The number of hydrogen-bond acceptors (Lipinski definition) is 4. The van der Waals surface area contributed by atoms with Gasteiger partial charge in [-0.15, -0.1) is 0 Å². The number of hydrogen-bond donors (Lipinski definition) is 2. The monoisotopic (exact) mass is 441 g/mol. The summed E-state index contributed by atoms with van der Waals surface area (Å²) in [6.45, 7) is 0.338. The van der Waals surface area contributed by atoms with Gasteiger partial charge in [-0.25, -0.2) is 0 Å². The normalized spacial score (nSPS) is 10.8. The molecule has 0 saturated heterocycles. The number of fused-ring (bicyclic) bond motifs is 1.